The van der Waals surface area contributed by atoms with Crippen molar-refractivity contribution < 1.29 is 9.72 Å². The highest BCUT2D eigenvalue weighted by atomic mass is 16.6. The number of nitrogens with one attached hydrogen (secondary N) is 1. The fourth-order valence-electron chi connectivity index (χ4n) is 2.23. The molecular weight excluding hydrogens is 274 g/mol. The Bertz CT molecular complexity index is 746. The maximum Gasteiger partial charge on any atom is 0.288 e. The summed E-state index contributed by atoms with van der Waals surface area (Å²) in [6, 6.07) is 4.66. The van der Waals surface area contributed by atoms with Crippen LogP contribution in [0.2, 0.25) is 0 Å². The zero-order valence-electron chi connectivity index (χ0n) is 11.1. The predicted octanol–water partition coefficient (Wildman–Crippen LogP) is 2.11. The van der Waals surface area contributed by atoms with Gasteiger partial charge in [-0.05, 0) is 19.1 Å². The largest absolute Gasteiger partial charge is 0.319 e. The number of hydrogen-bond acceptors (Lipinski definition) is 6. The SMILES string of the molecule is CCN1c2ncccc2NC(=O)c2cc([N+](=O)[O-])cnc21. The molecule has 106 valence electrons. The number of fused-ring (bicyclic) bond motifs is 2. The highest BCUT2D eigenvalue weighted by Crippen LogP contribution is 2.35. The molecule has 1 N–H and O–H groups in total. The second kappa shape index (κ2) is 4.82. The fraction of sp³-hybridized carbons (Fsp3) is 0.154. The van der Waals surface area contributed by atoms with E-state index in [1.165, 1.54) is 6.07 Å². The molecule has 0 aromatic carbocycles. The highest BCUT2D eigenvalue weighted by Gasteiger charge is 2.28. The Morgan fingerprint density at radius 2 is 2.19 bits per heavy atom. The van der Waals surface area contributed by atoms with Crippen LogP contribution in [0.3, 0.4) is 0 Å². The van der Waals surface area contributed by atoms with Crippen molar-refractivity contribution in [1.82, 2.24) is 9.97 Å². The number of amides is 1. The van der Waals surface area contributed by atoms with Gasteiger partial charge in [0, 0.05) is 18.8 Å². The molecule has 0 atom stereocenters. The zero-order chi connectivity index (χ0) is 15.0. The van der Waals surface area contributed by atoms with E-state index < -0.39 is 10.8 Å². The van der Waals surface area contributed by atoms with E-state index in [-0.39, 0.29) is 11.3 Å². The van der Waals surface area contributed by atoms with Crippen LogP contribution in [0.15, 0.2) is 30.6 Å². The molecule has 0 saturated carbocycles. The molecular formula is C13H11N5O3. The van der Waals surface area contributed by atoms with E-state index in [4.69, 9.17) is 0 Å². The number of pyridine rings is 2. The van der Waals surface area contributed by atoms with Gasteiger partial charge in [-0.25, -0.2) is 9.97 Å². The molecule has 0 spiro atoms. The number of nitro groups is 1. The van der Waals surface area contributed by atoms with E-state index in [9.17, 15) is 14.9 Å². The monoisotopic (exact) mass is 285 g/mol. The molecule has 8 nitrogen and oxygen atoms in total. The van der Waals surface area contributed by atoms with Crippen LogP contribution >= 0.6 is 0 Å². The summed E-state index contributed by atoms with van der Waals surface area (Å²) in [7, 11) is 0. The number of anilines is 3. The first-order chi connectivity index (χ1) is 10.1. The Kier molecular flexibility index (Phi) is 2.98. The zero-order valence-corrected chi connectivity index (χ0v) is 11.1. The van der Waals surface area contributed by atoms with Gasteiger partial charge in [-0.3, -0.25) is 14.9 Å². The Balaban J connectivity index is 2.23. The van der Waals surface area contributed by atoms with Crippen molar-refractivity contribution in [2.24, 2.45) is 0 Å². The molecule has 1 amide bonds. The first-order valence-electron chi connectivity index (χ1n) is 6.30. The summed E-state index contributed by atoms with van der Waals surface area (Å²) in [5.74, 6) is 0.484. The minimum atomic E-state index is -0.576. The van der Waals surface area contributed by atoms with Crippen molar-refractivity contribution in [1.29, 1.82) is 0 Å². The average molecular weight is 285 g/mol. The number of nitrogens with zero attached hydrogens (tertiary/aromatic N) is 4. The maximum atomic E-state index is 12.3. The van der Waals surface area contributed by atoms with Crippen molar-refractivity contribution in [3.63, 3.8) is 0 Å². The fourth-order valence-corrected chi connectivity index (χ4v) is 2.23. The van der Waals surface area contributed by atoms with E-state index >= 15 is 0 Å². The van der Waals surface area contributed by atoms with Gasteiger partial charge in [-0.2, -0.15) is 0 Å². The molecule has 0 fully saturated rings. The summed E-state index contributed by atoms with van der Waals surface area (Å²) in [5, 5.41) is 13.6. The Hall–Kier alpha value is -3.03. The topological polar surface area (TPSA) is 101 Å². The lowest BCUT2D eigenvalue weighted by Gasteiger charge is -2.21. The van der Waals surface area contributed by atoms with Gasteiger partial charge >= 0.3 is 0 Å². The van der Waals surface area contributed by atoms with Crippen LogP contribution in [-0.4, -0.2) is 27.3 Å². The lowest BCUT2D eigenvalue weighted by molar-refractivity contribution is -0.385. The van der Waals surface area contributed by atoms with Crippen LogP contribution < -0.4 is 10.2 Å². The molecule has 2 aromatic rings. The molecule has 0 saturated heterocycles. The first-order valence-corrected chi connectivity index (χ1v) is 6.30. The molecule has 0 radical (unpaired) electrons. The third-order valence-electron chi connectivity index (χ3n) is 3.17. The van der Waals surface area contributed by atoms with Gasteiger partial charge in [0.15, 0.2) is 5.82 Å². The van der Waals surface area contributed by atoms with Crippen LogP contribution in [0.4, 0.5) is 23.0 Å². The van der Waals surface area contributed by atoms with Gasteiger partial charge in [-0.15, -0.1) is 0 Å². The van der Waals surface area contributed by atoms with Crippen molar-refractivity contribution in [3.05, 3.63) is 46.3 Å². The second-order valence-electron chi connectivity index (χ2n) is 4.39. The van der Waals surface area contributed by atoms with Gasteiger partial charge in [0.1, 0.15) is 12.0 Å². The molecule has 3 heterocycles. The number of carbonyl (C=O) groups is 1. The van der Waals surface area contributed by atoms with Crippen LogP contribution in [0, 0.1) is 10.1 Å². The summed E-state index contributed by atoms with van der Waals surface area (Å²) >= 11 is 0. The maximum absolute atomic E-state index is 12.3. The summed E-state index contributed by atoms with van der Waals surface area (Å²) in [6.07, 6.45) is 2.76. The van der Waals surface area contributed by atoms with E-state index in [0.29, 0.717) is 23.9 Å². The summed E-state index contributed by atoms with van der Waals surface area (Å²) in [6.45, 7) is 2.41. The normalized spacial score (nSPS) is 13.0. The third kappa shape index (κ3) is 2.06. The van der Waals surface area contributed by atoms with Crippen LogP contribution in [-0.2, 0) is 0 Å². The average Bonchev–Trinajstić information content (AvgIpc) is 2.60. The van der Waals surface area contributed by atoms with Crippen molar-refractivity contribution >= 4 is 28.9 Å². The second-order valence-corrected chi connectivity index (χ2v) is 4.39. The van der Waals surface area contributed by atoms with Crippen LogP contribution in [0.25, 0.3) is 0 Å². The number of hydrogen-bond donors (Lipinski definition) is 1. The molecule has 2 aromatic heterocycles. The molecule has 8 heteroatoms. The van der Waals surface area contributed by atoms with Crippen molar-refractivity contribution in [2.45, 2.75) is 6.92 Å². The van der Waals surface area contributed by atoms with E-state index in [2.05, 4.69) is 15.3 Å². The molecule has 21 heavy (non-hydrogen) atoms. The Labute approximate surface area is 119 Å². The van der Waals surface area contributed by atoms with Gasteiger partial charge < -0.3 is 10.2 Å². The Morgan fingerprint density at radius 3 is 2.90 bits per heavy atom. The number of aromatic nitrogens is 2. The predicted molar refractivity (Wildman–Crippen MR) is 75.8 cm³/mol. The van der Waals surface area contributed by atoms with E-state index in [0.717, 1.165) is 6.20 Å². The minimum absolute atomic E-state index is 0.157. The number of rotatable bonds is 2. The van der Waals surface area contributed by atoms with Gasteiger partial charge in [0.2, 0.25) is 0 Å². The molecule has 0 unspecified atom stereocenters. The Morgan fingerprint density at radius 1 is 1.38 bits per heavy atom. The van der Waals surface area contributed by atoms with Gasteiger partial charge in [-0.1, -0.05) is 0 Å². The minimum Gasteiger partial charge on any atom is -0.319 e. The smallest absolute Gasteiger partial charge is 0.288 e. The van der Waals surface area contributed by atoms with Crippen molar-refractivity contribution in [2.75, 3.05) is 16.8 Å². The number of carbonyl (C=O) groups excluding carboxylic acids is 1. The third-order valence-corrected chi connectivity index (χ3v) is 3.17. The summed E-state index contributed by atoms with van der Waals surface area (Å²) < 4.78 is 0. The highest BCUT2D eigenvalue weighted by molar-refractivity contribution is 6.11. The standard InChI is InChI=1S/C13H11N5O3/c1-2-17-11-9(6-8(7-15-11)18(20)21)13(19)16-10-4-3-5-14-12(10)17/h3-7H,2H2,1H3,(H,16,19). The van der Waals surface area contributed by atoms with Gasteiger partial charge in [0.25, 0.3) is 11.6 Å². The van der Waals surface area contributed by atoms with E-state index in [1.807, 2.05) is 6.92 Å². The molecule has 1 aliphatic rings. The molecule has 3 rings (SSSR count). The summed E-state index contributed by atoms with van der Waals surface area (Å²) in [5.41, 5.74) is 0.480. The lowest BCUT2D eigenvalue weighted by atomic mass is 10.2. The molecule has 0 aliphatic carbocycles. The van der Waals surface area contributed by atoms with Crippen LogP contribution in [0.5, 0.6) is 0 Å². The van der Waals surface area contributed by atoms with Crippen molar-refractivity contribution in [3.8, 4) is 0 Å². The van der Waals surface area contributed by atoms with Gasteiger partial charge in [0.05, 0.1) is 16.2 Å². The molecule has 0 bridgehead atoms. The lowest BCUT2D eigenvalue weighted by Crippen LogP contribution is -2.19. The quantitative estimate of drug-likeness (QED) is 0.669. The van der Waals surface area contributed by atoms with Crippen LogP contribution in [0.1, 0.15) is 17.3 Å². The molecule has 1 aliphatic heterocycles. The summed E-state index contributed by atoms with van der Waals surface area (Å²) in [4.78, 5) is 32.6. The van der Waals surface area contributed by atoms with E-state index in [1.54, 1.807) is 23.2 Å². The first kappa shape index (κ1) is 13.0.